The number of thiocarbonyl (C=S) groups is 1. The number of aliphatic carboxylic acids is 1. The lowest BCUT2D eigenvalue weighted by molar-refractivity contribution is -0.154. The number of ether oxygens (including phenoxy) is 1. The van der Waals surface area contributed by atoms with Crippen molar-refractivity contribution in [2.24, 2.45) is 0 Å². The van der Waals surface area contributed by atoms with Crippen molar-refractivity contribution < 1.29 is 24.2 Å². The minimum absolute atomic E-state index is 0.126. The van der Waals surface area contributed by atoms with Crippen LogP contribution in [0.5, 0.6) is 0 Å². The van der Waals surface area contributed by atoms with Gasteiger partial charge in [0.1, 0.15) is 9.92 Å². The lowest BCUT2D eigenvalue weighted by atomic mass is 10.0. The molecule has 190 valence electrons. The van der Waals surface area contributed by atoms with Crippen LogP contribution in [-0.2, 0) is 25.5 Å². The summed E-state index contributed by atoms with van der Waals surface area (Å²) in [5.41, 5.74) is 2.38. The number of hydrogen-bond acceptors (Lipinski definition) is 7. The number of carboxylic acids is 1. The van der Waals surface area contributed by atoms with E-state index in [1.54, 1.807) is 11.0 Å². The Balaban J connectivity index is 1.73. The lowest BCUT2D eigenvalue weighted by Crippen LogP contribution is -2.29. The van der Waals surface area contributed by atoms with Crippen molar-refractivity contribution >= 4 is 52.2 Å². The average Bonchev–Trinajstić information content (AvgIpc) is 3.05. The van der Waals surface area contributed by atoms with Crippen molar-refractivity contribution in [1.82, 2.24) is 9.88 Å². The molecule has 7 nitrogen and oxygen atoms in total. The molecule has 36 heavy (non-hydrogen) atoms. The van der Waals surface area contributed by atoms with Gasteiger partial charge in [0.2, 0.25) is 0 Å². The molecular formula is C27H30N2O5S2. The third-order valence-corrected chi connectivity index (χ3v) is 6.62. The summed E-state index contributed by atoms with van der Waals surface area (Å²) < 4.78 is 5.97. The Morgan fingerprint density at radius 3 is 2.58 bits per heavy atom. The zero-order chi connectivity index (χ0) is 26.3. The molecule has 1 fully saturated rings. The summed E-state index contributed by atoms with van der Waals surface area (Å²) >= 11 is 6.63. The van der Waals surface area contributed by atoms with E-state index in [0.717, 1.165) is 11.1 Å². The number of esters is 1. The second kappa shape index (κ2) is 12.3. The van der Waals surface area contributed by atoms with E-state index >= 15 is 0 Å². The van der Waals surface area contributed by atoms with Gasteiger partial charge in [0, 0.05) is 18.5 Å². The second-order valence-corrected chi connectivity index (χ2v) is 11.1. The molecule has 1 aliphatic heterocycles. The molecular weight excluding hydrogens is 496 g/mol. The summed E-state index contributed by atoms with van der Waals surface area (Å²) in [5, 5.41) is 8.75. The van der Waals surface area contributed by atoms with Gasteiger partial charge in [-0.25, -0.2) is 4.98 Å². The van der Waals surface area contributed by atoms with Crippen molar-refractivity contribution in [1.29, 1.82) is 0 Å². The van der Waals surface area contributed by atoms with Crippen molar-refractivity contribution in [3.63, 3.8) is 0 Å². The van der Waals surface area contributed by atoms with Crippen LogP contribution in [0.3, 0.4) is 0 Å². The number of benzene rings is 1. The van der Waals surface area contributed by atoms with Gasteiger partial charge >= 0.3 is 11.9 Å². The molecule has 0 spiro atoms. The van der Waals surface area contributed by atoms with Crippen LogP contribution < -0.4 is 0 Å². The van der Waals surface area contributed by atoms with Crippen LogP contribution in [0, 0.1) is 0 Å². The van der Waals surface area contributed by atoms with Crippen LogP contribution in [0.25, 0.3) is 17.3 Å². The highest BCUT2D eigenvalue weighted by atomic mass is 32.2. The van der Waals surface area contributed by atoms with Crippen LogP contribution in [0.1, 0.15) is 57.7 Å². The Morgan fingerprint density at radius 1 is 1.11 bits per heavy atom. The average molecular weight is 527 g/mol. The number of hydrogen-bond donors (Lipinski definition) is 1. The molecule has 0 atom stereocenters. The van der Waals surface area contributed by atoms with E-state index in [-0.39, 0.29) is 24.7 Å². The highest BCUT2D eigenvalue weighted by molar-refractivity contribution is 8.26. The first-order chi connectivity index (χ1) is 17.0. The van der Waals surface area contributed by atoms with Gasteiger partial charge in [0.05, 0.1) is 22.7 Å². The maximum Gasteiger partial charge on any atom is 0.310 e. The number of rotatable bonds is 10. The molecule has 0 aliphatic carbocycles. The number of thioether (sulfide) groups is 1. The number of pyridine rings is 1. The van der Waals surface area contributed by atoms with Crippen LogP contribution in [0.15, 0.2) is 47.4 Å². The number of aromatic nitrogens is 1. The summed E-state index contributed by atoms with van der Waals surface area (Å²) in [6, 6.07) is 13.1. The first-order valence-electron chi connectivity index (χ1n) is 11.8. The standard InChI is InChI=1S/C27H30N2O5S2/c1-27(2,3)34-24(32)16-18-10-6-7-12-20(18)21-13-9-11-19(28-21)17-22-25(33)29(26(35)36-22)15-8-4-5-14-23(30)31/h6-7,9-13,17H,4-5,8,14-16H2,1-3H3,(H,30,31)/b22-17-. The summed E-state index contributed by atoms with van der Waals surface area (Å²) in [4.78, 5) is 42.8. The van der Waals surface area contributed by atoms with E-state index in [0.29, 0.717) is 46.4 Å². The van der Waals surface area contributed by atoms with Gasteiger partial charge in [-0.05, 0) is 57.4 Å². The second-order valence-electron chi connectivity index (χ2n) is 9.41. The Kier molecular flexibility index (Phi) is 9.39. The maximum atomic E-state index is 12.9. The molecule has 1 N–H and O–H groups in total. The number of amides is 1. The van der Waals surface area contributed by atoms with Gasteiger partial charge in [-0.1, -0.05) is 60.7 Å². The van der Waals surface area contributed by atoms with E-state index in [1.165, 1.54) is 11.8 Å². The van der Waals surface area contributed by atoms with Crippen LogP contribution in [-0.4, -0.2) is 49.3 Å². The van der Waals surface area contributed by atoms with Crippen molar-refractivity contribution in [3.05, 3.63) is 58.6 Å². The largest absolute Gasteiger partial charge is 0.481 e. The summed E-state index contributed by atoms with van der Waals surface area (Å²) in [6.07, 6.45) is 3.96. The summed E-state index contributed by atoms with van der Waals surface area (Å²) in [7, 11) is 0. The quantitative estimate of drug-likeness (QED) is 0.188. The molecule has 1 aromatic heterocycles. The molecule has 1 aliphatic rings. The number of carbonyl (C=O) groups excluding carboxylic acids is 2. The highest BCUT2D eigenvalue weighted by Gasteiger charge is 2.31. The van der Waals surface area contributed by atoms with Gasteiger partial charge < -0.3 is 9.84 Å². The van der Waals surface area contributed by atoms with Gasteiger partial charge in [-0.2, -0.15) is 0 Å². The molecule has 9 heteroatoms. The minimum Gasteiger partial charge on any atom is -0.481 e. The molecule has 2 heterocycles. The van der Waals surface area contributed by atoms with Crippen molar-refractivity contribution in [3.8, 4) is 11.3 Å². The zero-order valence-corrected chi connectivity index (χ0v) is 22.3. The molecule has 0 saturated carbocycles. The molecule has 3 rings (SSSR count). The van der Waals surface area contributed by atoms with Crippen LogP contribution in [0.4, 0.5) is 0 Å². The van der Waals surface area contributed by atoms with E-state index in [9.17, 15) is 14.4 Å². The molecule has 0 radical (unpaired) electrons. The fraction of sp³-hybridized carbons (Fsp3) is 0.370. The first-order valence-corrected chi connectivity index (χ1v) is 13.0. The Labute approximate surface area is 220 Å². The van der Waals surface area contributed by atoms with Gasteiger partial charge in [-0.3, -0.25) is 19.3 Å². The van der Waals surface area contributed by atoms with E-state index in [2.05, 4.69) is 0 Å². The number of nitrogens with zero attached hydrogens (tertiary/aromatic N) is 2. The molecule has 1 saturated heterocycles. The fourth-order valence-electron chi connectivity index (χ4n) is 3.69. The van der Waals surface area contributed by atoms with E-state index in [1.807, 2.05) is 63.2 Å². The monoisotopic (exact) mass is 526 g/mol. The number of carbonyl (C=O) groups is 3. The third kappa shape index (κ3) is 7.99. The van der Waals surface area contributed by atoms with Gasteiger partial charge in [-0.15, -0.1) is 0 Å². The third-order valence-electron chi connectivity index (χ3n) is 5.24. The predicted octanol–water partition coefficient (Wildman–Crippen LogP) is 5.48. The molecule has 0 bridgehead atoms. The molecule has 0 unspecified atom stereocenters. The molecule has 1 amide bonds. The van der Waals surface area contributed by atoms with Crippen LogP contribution in [0.2, 0.25) is 0 Å². The molecule has 1 aromatic carbocycles. The lowest BCUT2D eigenvalue weighted by Gasteiger charge is -2.20. The topological polar surface area (TPSA) is 96.8 Å². The van der Waals surface area contributed by atoms with Crippen molar-refractivity contribution in [2.75, 3.05) is 6.54 Å². The van der Waals surface area contributed by atoms with E-state index < -0.39 is 11.6 Å². The molecule has 2 aromatic rings. The van der Waals surface area contributed by atoms with Gasteiger partial charge in [0.15, 0.2) is 0 Å². The normalized spacial score (nSPS) is 15.0. The Bertz CT molecular complexity index is 1190. The fourth-order valence-corrected chi connectivity index (χ4v) is 4.98. The van der Waals surface area contributed by atoms with Crippen LogP contribution >= 0.6 is 24.0 Å². The van der Waals surface area contributed by atoms with Gasteiger partial charge in [0.25, 0.3) is 5.91 Å². The van der Waals surface area contributed by atoms with E-state index in [4.69, 9.17) is 27.0 Å². The highest BCUT2D eigenvalue weighted by Crippen LogP contribution is 2.33. The Morgan fingerprint density at radius 2 is 1.86 bits per heavy atom. The SMILES string of the molecule is CC(C)(C)OC(=O)Cc1ccccc1-c1cccc(/C=C2\SC(=S)N(CCCCCC(=O)O)C2=O)n1. The zero-order valence-electron chi connectivity index (χ0n) is 20.7. The van der Waals surface area contributed by atoms with Crippen molar-refractivity contribution in [2.45, 2.75) is 58.5 Å². The predicted molar refractivity (Wildman–Crippen MR) is 145 cm³/mol. The maximum absolute atomic E-state index is 12.9. The number of carboxylic acid groups (broad SMARTS) is 1. The smallest absolute Gasteiger partial charge is 0.310 e. The first kappa shape index (κ1) is 27.5. The summed E-state index contributed by atoms with van der Waals surface area (Å²) in [5.74, 6) is -1.29. The minimum atomic E-state index is -0.814. The Hall–Kier alpha value is -3.04. The number of unbranched alkanes of at least 4 members (excludes halogenated alkanes) is 2. The summed E-state index contributed by atoms with van der Waals surface area (Å²) in [6.45, 7) is 5.98.